The molecule has 0 saturated heterocycles. The first kappa shape index (κ1) is 13.7. The highest BCUT2D eigenvalue weighted by atomic mass is 32.2. The minimum Gasteiger partial charge on any atom is -0.293 e. The fraction of sp³-hybridized carbons (Fsp3) is 0.562. The predicted octanol–water partition coefficient (Wildman–Crippen LogP) is 4.50. The molecule has 18 heavy (non-hydrogen) atoms. The molecule has 0 N–H and O–H groups in total. The number of thioether (sulfide) groups is 1. The van der Waals surface area contributed by atoms with Crippen molar-refractivity contribution in [2.45, 2.75) is 50.7 Å². The van der Waals surface area contributed by atoms with E-state index in [1.165, 1.54) is 37.7 Å². The minimum absolute atomic E-state index is 0.285. The van der Waals surface area contributed by atoms with Gasteiger partial charge < -0.3 is 0 Å². The number of Topliss-reactive ketones (excluding diaryl/α,β-unsaturated/α-hetero) is 1. The zero-order chi connectivity index (χ0) is 12.8. The Kier molecular flexibility index (Phi) is 5.30. The number of carbonyl (C=O) groups is 1. The molecule has 1 saturated carbocycles. The smallest absolute Gasteiger partial charge is 0.172 e. The average Bonchev–Trinajstić information content (AvgIpc) is 2.46. The summed E-state index contributed by atoms with van der Waals surface area (Å²) in [6, 6.07) is 8.09. The molecule has 0 aliphatic heterocycles. The molecule has 2 heteroatoms. The second-order valence-electron chi connectivity index (χ2n) is 5.04. The fourth-order valence-electron chi connectivity index (χ4n) is 2.44. The van der Waals surface area contributed by atoms with Crippen LogP contribution in [0.15, 0.2) is 24.3 Å². The Bertz CT molecular complexity index is 377. The van der Waals surface area contributed by atoms with Crippen LogP contribution in [0.2, 0.25) is 0 Å². The minimum atomic E-state index is 0.285. The van der Waals surface area contributed by atoms with Crippen molar-refractivity contribution in [2.75, 3.05) is 5.75 Å². The number of ketones is 1. The maximum absolute atomic E-state index is 12.1. The van der Waals surface area contributed by atoms with Gasteiger partial charge >= 0.3 is 0 Å². The van der Waals surface area contributed by atoms with Crippen LogP contribution in [0.25, 0.3) is 0 Å². The summed E-state index contributed by atoms with van der Waals surface area (Å²) < 4.78 is 0. The summed E-state index contributed by atoms with van der Waals surface area (Å²) in [4.78, 5) is 12.1. The lowest BCUT2D eigenvalue weighted by molar-refractivity contribution is 0.102. The van der Waals surface area contributed by atoms with Gasteiger partial charge in [-0.15, -0.1) is 0 Å². The highest BCUT2D eigenvalue weighted by Gasteiger charge is 2.15. The van der Waals surface area contributed by atoms with Crippen LogP contribution in [0, 0.1) is 0 Å². The van der Waals surface area contributed by atoms with Crippen LogP contribution in [-0.2, 0) is 6.42 Å². The Balaban J connectivity index is 1.82. The fourth-order valence-corrected chi connectivity index (χ4v) is 3.66. The maximum atomic E-state index is 12.1. The first-order valence-electron chi connectivity index (χ1n) is 7.03. The van der Waals surface area contributed by atoms with Gasteiger partial charge in [0.1, 0.15) is 0 Å². The van der Waals surface area contributed by atoms with Gasteiger partial charge in [0.15, 0.2) is 5.78 Å². The molecule has 0 atom stereocenters. The second-order valence-corrected chi connectivity index (χ2v) is 6.33. The topological polar surface area (TPSA) is 17.1 Å². The lowest BCUT2D eigenvalue weighted by Crippen LogP contribution is -2.12. The molecular weight excluding hydrogens is 240 g/mol. The largest absolute Gasteiger partial charge is 0.293 e. The van der Waals surface area contributed by atoms with E-state index in [2.05, 4.69) is 19.1 Å². The molecule has 1 aromatic carbocycles. The molecule has 0 spiro atoms. The SMILES string of the molecule is CCc1ccc(C(=O)CSC2CCCCC2)cc1. The lowest BCUT2D eigenvalue weighted by atomic mass is 10.0. The van der Waals surface area contributed by atoms with E-state index in [1.54, 1.807) is 0 Å². The van der Waals surface area contributed by atoms with Crippen molar-refractivity contribution in [1.29, 1.82) is 0 Å². The summed E-state index contributed by atoms with van der Waals surface area (Å²) in [6.45, 7) is 2.13. The van der Waals surface area contributed by atoms with Crippen LogP contribution >= 0.6 is 11.8 Å². The third kappa shape index (κ3) is 3.88. The van der Waals surface area contributed by atoms with Crippen molar-refractivity contribution in [3.8, 4) is 0 Å². The normalized spacial score (nSPS) is 16.7. The van der Waals surface area contributed by atoms with Crippen molar-refractivity contribution >= 4 is 17.5 Å². The van der Waals surface area contributed by atoms with E-state index in [0.29, 0.717) is 5.75 Å². The number of benzene rings is 1. The highest BCUT2D eigenvalue weighted by Crippen LogP contribution is 2.28. The zero-order valence-electron chi connectivity index (χ0n) is 11.2. The maximum Gasteiger partial charge on any atom is 0.172 e. The highest BCUT2D eigenvalue weighted by molar-refractivity contribution is 8.00. The summed E-state index contributed by atoms with van der Waals surface area (Å²) in [6.07, 6.45) is 7.70. The second kappa shape index (κ2) is 6.98. The van der Waals surface area contributed by atoms with Crippen molar-refractivity contribution in [2.24, 2.45) is 0 Å². The van der Waals surface area contributed by atoms with Crippen molar-refractivity contribution in [1.82, 2.24) is 0 Å². The summed E-state index contributed by atoms with van der Waals surface area (Å²) in [5.74, 6) is 0.934. The van der Waals surface area contributed by atoms with Crippen LogP contribution in [0.3, 0.4) is 0 Å². The quantitative estimate of drug-likeness (QED) is 0.727. The molecule has 0 aromatic heterocycles. The van der Waals surface area contributed by atoms with E-state index in [0.717, 1.165) is 17.2 Å². The van der Waals surface area contributed by atoms with Gasteiger partial charge in [0.25, 0.3) is 0 Å². The van der Waals surface area contributed by atoms with E-state index in [9.17, 15) is 4.79 Å². The van der Waals surface area contributed by atoms with E-state index in [4.69, 9.17) is 0 Å². The van der Waals surface area contributed by atoms with Crippen molar-refractivity contribution in [3.05, 3.63) is 35.4 Å². The van der Waals surface area contributed by atoms with Crippen LogP contribution in [0.1, 0.15) is 54.9 Å². The summed E-state index contributed by atoms with van der Waals surface area (Å²) in [5, 5.41) is 0.720. The molecule has 0 heterocycles. The van der Waals surface area contributed by atoms with Crippen LogP contribution in [0.4, 0.5) is 0 Å². The monoisotopic (exact) mass is 262 g/mol. The van der Waals surface area contributed by atoms with E-state index < -0.39 is 0 Å². The summed E-state index contributed by atoms with van der Waals surface area (Å²) in [5.41, 5.74) is 2.17. The van der Waals surface area contributed by atoms with Gasteiger partial charge in [-0.25, -0.2) is 0 Å². The summed E-state index contributed by atoms with van der Waals surface area (Å²) >= 11 is 1.86. The molecule has 1 fully saturated rings. The Hall–Kier alpha value is -0.760. The van der Waals surface area contributed by atoms with Crippen molar-refractivity contribution < 1.29 is 4.79 Å². The Labute approximate surface area is 114 Å². The number of aryl methyl sites for hydroxylation is 1. The molecule has 1 aliphatic rings. The van der Waals surface area contributed by atoms with E-state index in [1.807, 2.05) is 23.9 Å². The molecule has 0 bridgehead atoms. The lowest BCUT2D eigenvalue weighted by Gasteiger charge is -2.20. The predicted molar refractivity (Wildman–Crippen MR) is 79.5 cm³/mol. The van der Waals surface area contributed by atoms with Gasteiger partial charge in [-0.3, -0.25) is 4.79 Å². The van der Waals surface area contributed by atoms with Gasteiger partial charge in [-0.05, 0) is 24.8 Å². The third-order valence-corrected chi connectivity index (χ3v) is 5.06. The Morgan fingerprint density at radius 3 is 2.44 bits per heavy atom. The third-order valence-electron chi connectivity index (χ3n) is 3.69. The molecule has 1 aromatic rings. The molecule has 1 aliphatic carbocycles. The molecular formula is C16H22OS. The van der Waals surface area contributed by atoms with Gasteiger partial charge in [-0.2, -0.15) is 11.8 Å². The average molecular weight is 262 g/mol. The molecule has 2 rings (SSSR count). The van der Waals surface area contributed by atoms with Gasteiger partial charge in [-0.1, -0.05) is 50.5 Å². The zero-order valence-corrected chi connectivity index (χ0v) is 12.0. The standard InChI is InChI=1S/C16H22OS/c1-2-13-8-10-14(11-9-13)16(17)12-18-15-6-4-3-5-7-15/h8-11,15H,2-7,12H2,1H3. The van der Waals surface area contributed by atoms with E-state index >= 15 is 0 Å². The van der Waals surface area contributed by atoms with Gasteiger partial charge in [0.2, 0.25) is 0 Å². The first-order chi connectivity index (χ1) is 8.79. The number of rotatable bonds is 5. The Morgan fingerprint density at radius 2 is 1.83 bits per heavy atom. The molecule has 0 radical (unpaired) electrons. The van der Waals surface area contributed by atoms with Crippen LogP contribution in [-0.4, -0.2) is 16.8 Å². The molecule has 0 unspecified atom stereocenters. The van der Waals surface area contributed by atoms with Crippen molar-refractivity contribution in [3.63, 3.8) is 0 Å². The van der Waals surface area contributed by atoms with E-state index in [-0.39, 0.29) is 5.78 Å². The number of hydrogen-bond donors (Lipinski definition) is 0. The van der Waals surface area contributed by atoms with Crippen LogP contribution in [0.5, 0.6) is 0 Å². The van der Waals surface area contributed by atoms with Gasteiger partial charge in [0, 0.05) is 10.8 Å². The number of hydrogen-bond acceptors (Lipinski definition) is 2. The Morgan fingerprint density at radius 1 is 1.17 bits per heavy atom. The van der Waals surface area contributed by atoms with Crippen LogP contribution < -0.4 is 0 Å². The molecule has 1 nitrogen and oxygen atoms in total. The molecule has 0 amide bonds. The first-order valence-corrected chi connectivity index (χ1v) is 8.08. The summed E-state index contributed by atoms with van der Waals surface area (Å²) in [7, 11) is 0. The van der Waals surface area contributed by atoms with Gasteiger partial charge in [0.05, 0.1) is 5.75 Å². The number of carbonyl (C=O) groups excluding carboxylic acids is 1. The molecule has 98 valence electrons.